The molecule has 2 heterocycles. The van der Waals surface area contributed by atoms with E-state index in [4.69, 9.17) is 4.74 Å². The number of piperidine rings is 1. The summed E-state index contributed by atoms with van der Waals surface area (Å²) in [4.78, 5) is 15.1. The standard InChI is InChI=1S/C26H31N3O5/c1-2-21-23(30)24(31)22(26(33)34-21)28-25(32)19(15-27)13-16-6-7-18-14-20(9-8-17(18)12-16)29-10-4-3-5-11-29/h6-9,12-14,21-24,26,30-31,33H,2-5,10-11H2,1H3,(H,28,32)/b19-13+/t21-,22-,23-,24-,26?/m1/s1. The van der Waals surface area contributed by atoms with Gasteiger partial charge in [0.2, 0.25) is 0 Å². The van der Waals surface area contributed by atoms with Crippen LogP contribution in [0.4, 0.5) is 5.69 Å². The number of nitrogens with one attached hydrogen (secondary N) is 1. The maximum atomic E-state index is 12.7. The van der Waals surface area contributed by atoms with Gasteiger partial charge < -0.3 is 30.3 Å². The van der Waals surface area contributed by atoms with Gasteiger partial charge in [0, 0.05) is 18.8 Å². The number of amides is 1. The van der Waals surface area contributed by atoms with Gasteiger partial charge in [-0.15, -0.1) is 0 Å². The number of nitrogens with zero attached hydrogens (tertiary/aromatic N) is 2. The minimum atomic E-state index is -1.50. The summed E-state index contributed by atoms with van der Waals surface area (Å²) in [6.07, 6.45) is 0.622. The fraction of sp³-hybridized carbons (Fsp3) is 0.462. The molecule has 0 aromatic heterocycles. The quantitative estimate of drug-likeness (QED) is 0.393. The second-order valence-electron chi connectivity index (χ2n) is 8.96. The molecule has 1 amide bonds. The molecule has 0 aliphatic carbocycles. The lowest BCUT2D eigenvalue weighted by atomic mass is 9.95. The number of anilines is 1. The van der Waals surface area contributed by atoms with E-state index >= 15 is 0 Å². The minimum absolute atomic E-state index is 0.184. The molecule has 2 saturated heterocycles. The van der Waals surface area contributed by atoms with E-state index in [-0.39, 0.29) is 5.57 Å². The molecule has 0 bridgehead atoms. The maximum absolute atomic E-state index is 12.7. The fourth-order valence-electron chi connectivity index (χ4n) is 4.67. The number of nitriles is 1. The summed E-state index contributed by atoms with van der Waals surface area (Å²) in [5.41, 5.74) is 1.69. The first-order chi connectivity index (χ1) is 16.4. The van der Waals surface area contributed by atoms with E-state index in [1.807, 2.05) is 30.3 Å². The molecule has 4 rings (SSSR count). The molecule has 0 radical (unpaired) electrons. The lowest BCUT2D eigenvalue weighted by Gasteiger charge is -2.40. The molecule has 0 spiro atoms. The summed E-state index contributed by atoms with van der Waals surface area (Å²) < 4.78 is 5.29. The first-order valence-electron chi connectivity index (χ1n) is 11.8. The normalized spacial score (nSPS) is 27.9. The number of ether oxygens (including phenoxy) is 1. The Morgan fingerprint density at radius 2 is 1.82 bits per heavy atom. The van der Waals surface area contributed by atoms with Gasteiger partial charge in [-0.05, 0) is 66.3 Å². The molecule has 0 saturated carbocycles. The van der Waals surface area contributed by atoms with Crippen molar-refractivity contribution in [3.05, 3.63) is 47.5 Å². The van der Waals surface area contributed by atoms with Gasteiger partial charge in [0.15, 0.2) is 6.29 Å². The van der Waals surface area contributed by atoms with E-state index in [0.29, 0.717) is 12.0 Å². The number of carbonyl (C=O) groups excluding carboxylic acids is 1. The van der Waals surface area contributed by atoms with Gasteiger partial charge in [0.25, 0.3) is 5.91 Å². The summed E-state index contributed by atoms with van der Waals surface area (Å²) in [6.45, 7) is 3.89. The fourth-order valence-corrected chi connectivity index (χ4v) is 4.67. The van der Waals surface area contributed by atoms with E-state index in [2.05, 4.69) is 22.3 Å². The third-order valence-corrected chi connectivity index (χ3v) is 6.67. The Morgan fingerprint density at radius 3 is 2.53 bits per heavy atom. The molecule has 2 fully saturated rings. The molecule has 180 valence electrons. The number of aliphatic hydroxyl groups excluding tert-OH is 3. The Kier molecular flexibility index (Phi) is 7.49. The van der Waals surface area contributed by atoms with E-state index in [0.717, 1.165) is 23.9 Å². The molecule has 2 aliphatic rings. The predicted octanol–water partition coefficient (Wildman–Crippen LogP) is 2.07. The van der Waals surface area contributed by atoms with Crippen LogP contribution in [0.15, 0.2) is 42.0 Å². The van der Waals surface area contributed by atoms with E-state index in [1.54, 1.807) is 6.92 Å². The number of benzene rings is 2. The van der Waals surface area contributed by atoms with Crippen molar-refractivity contribution < 1.29 is 24.9 Å². The maximum Gasteiger partial charge on any atom is 0.262 e. The van der Waals surface area contributed by atoms with E-state index in [9.17, 15) is 25.4 Å². The zero-order valence-corrected chi connectivity index (χ0v) is 19.2. The average Bonchev–Trinajstić information content (AvgIpc) is 2.87. The number of hydrogen-bond acceptors (Lipinski definition) is 7. The molecular weight excluding hydrogens is 434 g/mol. The summed E-state index contributed by atoms with van der Waals surface area (Å²) >= 11 is 0. The van der Waals surface area contributed by atoms with Gasteiger partial charge >= 0.3 is 0 Å². The van der Waals surface area contributed by atoms with Crippen LogP contribution in [0.3, 0.4) is 0 Å². The van der Waals surface area contributed by atoms with Crippen LogP contribution in [0.5, 0.6) is 0 Å². The zero-order valence-electron chi connectivity index (χ0n) is 19.2. The third kappa shape index (κ3) is 5.08. The molecule has 1 unspecified atom stereocenters. The Balaban J connectivity index is 1.50. The Labute approximate surface area is 199 Å². The van der Waals surface area contributed by atoms with Crippen LogP contribution in [0.2, 0.25) is 0 Å². The zero-order chi connectivity index (χ0) is 24.2. The Hall–Kier alpha value is -2.96. The summed E-state index contributed by atoms with van der Waals surface area (Å²) in [5.74, 6) is -0.767. The van der Waals surface area contributed by atoms with Gasteiger partial charge in [0.1, 0.15) is 29.9 Å². The van der Waals surface area contributed by atoms with Crippen LogP contribution in [0.25, 0.3) is 16.8 Å². The van der Waals surface area contributed by atoms with E-state index in [1.165, 1.54) is 31.0 Å². The monoisotopic (exact) mass is 465 g/mol. The van der Waals surface area contributed by atoms with E-state index < -0.39 is 36.6 Å². The smallest absolute Gasteiger partial charge is 0.262 e. The minimum Gasteiger partial charge on any atom is -0.388 e. The van der Waals surface area contributed by atoms with Crippen molar-refractivity contribution in [1.29, 1.82) is 5.26 Å². The van der Waals surface area contributed by atoms with Crippen molar-refractivity contribution in [2.24, 2.45) is 0 Å². The number of aliphatic hydroxyl groups is 3. The lowest BCUT2D eigenvalue weighted by Crippen LogP contribution is -2.63. The molecule has 34 heavy (non-hydrogen) atoms. The average molecular weight is 466 g/mol. The highest BCUT2D eigenvalue weighted by Gasteiger charge is 2.44. The molecule has 2 aliphatic heterocycles. The first kappa shape index (κ1) is 24.2. The second kappa shape index (κ2) is 10.5. The highest BCUT2D eigenvalue weighted by molar-refractivity contribution is 6.02. The van der Waals surface area contributed by atoms with Gasteiger partial charge in [-0.25, -0.2) is 0 Å². The largest absolute Gasteiger partial charge is 0.388 e. The van der Waals surface area contributed by atoms with Crippen molar-refractivity contribution in [1.82, 2.24) is 5.32 Å². The number of rotatable bonds is 5. The topological polar surface area (TPSA) is 126 Å². The number of carbonyl (C=O) groups is 1. The second-order valence-corrected chi connectivity index (χ2v) is 8.96. The van der Waals surface area contributed by atoms with Crippen LogP contribution in [0.1, 0.15) is 38.2 Å². The van der Waals surface area contributed by atoms with Crippen molar-refractivity contribution in [2.75, 3.05) is 18.0 Å². The van der Waals surface area contributed by atoms with Crippen LogP contribution >= 0.6 is 0 Å². The molecule has 2 aromatic rings. The lowest BCUT2D eigenvalue weighted by molar-refractivity contribution is -0.247. The summed E-state index contributed by atoms with van der Waals surface area (Å²) in [5, 5.41) is 44.7. The summed E-state index contributed by atoms with van der Waals surface area (Å²) in [6, 6.07) is 12.6. The van der Waals surface area contributed by atoms with Crippen molar-refractivity contribution in [2.45, 2.75) is 63.3 Å². The molecular formula is C26H31N3O5. The van der Waals surface area contributed by atoms with Crippen LogP contribution in [-0.4, -0.2) is 65.0 Å². The molecule has 2 aromatic carbocycles. The van der Waals surface area contributed by atoms with Crippen molar-refractivity contribution >= 4 is 28.4 Å². The van der Waals surface area contributed by atoms with Crippen LogP contribution < -0.4 is 10.2 Å². The predicted molar refractivity (Wildman–Crippen MR) is 129 cm³/mol. The number of hydrogen-bond donors (Lipinski definition) is 4. The van der Waals surface area contributed by atoms with Crippen molar-refractivity contribution in [3.8, 4) is 6.07 Å². The van der Waals surface area contributed by atoms with Gasteiger partial charge in [0.05, 0.1) is 6.10 Å². The van der Waals surface area contributed by atoms with Gasteiger partial charge in [-0.2, -0.15) is 5.26 Å². The first-order valence-corrected chi connectivity index (χ1v) is 11.8. The van der Waals surface area contributed by atoms with Crippen molar-refractivity contribution in [3.63, 3.8) is 0 Å². The SMILES string of the molecule is CC[C@H]1OC(O)[C@H](NC(=O)/C(C#N)=C/c2ccc3cc(N4CCCCC4)ccc3c2)[C@@H](O)[C@@H]1O. The highest BCUT2D eigenvalue weighted by Crippen LogP contribution is 2.26. The summed E-state index contributed by atoms with van der Waals surface area (Å²) in [7, 11) is 0. The highest BCUT2D eigenvalue weighted by atomic mass is 16.6. The molecule has 8 heteroatoms. The molecule has 4 N–H and O–H groups in total. The third-order valence-electron chi connectivity index (χ3n) is 6.67. The van der Waals surface area contributed by atoms with Gasteiger partial charge in [-0.3, -0.25) is 4.79 Å². The van der Waals surface area contributed by atoms with Crippen LogP contribution in [0, 0.1) is 11.3 Å². The molecule has 5 atom stereocenters. The van der Waals surface area contributed by atoms with Gasteiger partial charge in [-0.1, -0.05) is 25.1 Å². The molecule has 8 nitrogen and oxygen atoms in total. The number of fused-ring (bicyclic) bond motifs is 1. The Bertz CT molecular complexity index is 1110. The van der Waals surface area contributed by atoms with Crippen LogP contribution in [-0.2, 0) is 9.53 Å². The Morgan fingerprint density at radius 1 is 1.12 bits per heavy atom.